The van der Waals surface area contributed by atoms with E-state index in [0.29, 0.717) is 5.41 Å². The van der Waals surface area contributed by atoms with Crippen LogP contribution >= 0.6 is 0 Å². The van der Waals surface area contributed by atoms with E-state index >= 15 is 0 Å². The SMILES string of the molecule is CC(C)(C)OC(=O)N1CCC(OC(C)(C)C23CC4CC(CC(C4)C2)C3)CC1. The molecule has 5 fully saturated rings. The molecule has 27 heavy (non-hydrogen) atoms. The molecule has 0 aromatic carbocycles. The molecule has 4 aliphatic carbocycles. The predicted molar refractivity (Wildman–Crippen MR) is 107 cm³/mol. The third-order valence-electron chi connectivity index (χ3n) is 7.87. The second-order valence-corrected chi connectivity index (χ2v) is 11.5. The average molecular weight is 378 g/mol. The van der Waals surface area contributed by atoms with Gasteiger partial charge < -0.3 is 14.4 Å². The summed E-state index contributed by atoms with van der Waals surface area (Å²) in [5, 5.41) is 0. The van der Waals surface area contributed by atoms with Crippen LogP contribution in [-0.2, 0) is 9.47 Å². The number of rotatable bonds is 3. The molecule has 0 aromatic heterocycles. The van der Waals surface area contributed by atoms with Gasteiger partial charge in [0.05, 0.1) is 11.7 Å². The van der Waals surface area contributed by atoms with Crippen molar-refractivity contribution in [3.8, 4) is 0 Å². The lowest BCUT2D eigenvalue weighted by molar-refractivity contribution is -0.212. The second kappa shape index (κ2) is 6.64. The molecule has 1 saturated heterocycles. The molecule has 0 atom stereocenters. The first-order chi connectivity index (χ1) is 12.6. The minimum absolute atomic E-state index is 0.0538. The van der Waals surface area contributed by atoms with Gasteiger partial charge in [0.2, 0.25) is 0 Å². The van der Waals surface area contributed by atoms with E-state index in [1.165, 1.54) is 38.5 Å². The fourth-order valence-electron chi connectivity index (χ4n) is 6.87. The van der Waals surface area contributed by atoms with Crippen LogP contribution in [0.3, 0.4) is 0 Å². The molecule has 4 nitrogen and oxygen atoms in total. The maximum Gasteiger partial charge on any atom is 0.410 e. The van der Waals surface area contributed by atoms with Crippen molar-refractivity contribution in [2.24, 2.45) is 23.2 Å². The summed E-state index contributed by atoms with van der Waals surface area (Å²) in [6.45, 7) is 12.0. The maximum absolute atomic E-state index is 12.3. The van der Waals surface area contributed by atoms with Crippen molar-refractivity contribution in [3.63, 3.8) is 0 Å². The van der Waals surface area contributed by atoms with E-state index in [4.69, 9.17) is 9.47 Å². The molecule has 4 bridgehead atoms. The molecule has 0 aromatic rings. The molecule has 0 unspecified atom stereocenters. The summed E-state index contributed by atoms with van der Waals surface area (Å²) >= 11 is 0. The Bertz CT molecular complexity index is 533. The Hall–Kier alpha value is -0.770. The second-order valence-electron chi connectivity index (χ2n) is 11.5. The van der Waals surface area contributed by atoms with E-state index < -0.39 is 5.60 Å². The highest BCUT2D eigenvalue weighted by Gasteiger charge is 2.58. The molecule has 1 amide bonds. The molecule has 0 spiro atoms. The van der Waals surface area contributed by atoms with Crippen LogP contribution in [0.4, 0.5) is 4.79 Å². The van der Waals surface area contributed by atoms with Gasteiger partial charge in [0.1, 0.15) is 5.60 Å². The standard InChI is InChI=1S/C23H39NO3/c1-21(2,3)27-20(25)24-8-6-19(7-9-24)26-22(4,5)23-13-16-10-17(14-23)12-18(11-16)15-23/h16-19H,6-15H2,1-5H3. The van der Waals surface area contributed by atoms with Crippen molar-refractivity contribution in [1.82, 2.24) is 4.90 Å². The summed E-state index contributed by atoms with van der Waals surface area (Å²) in [6, 6.07) is 0. The summed E-state index contributed by atoms with van der Waals surface area (Å²) in [5.41, 5.74) is -0.0866. The number of ether oxygens (including phenoxy) is 2. The number of amides is 1. The Kier molecular flexibility index (Phi) is 4.81. The Balaban J connectivity index is 1.34. The molecule has 0 N–H and O–H groups in total. The van der Waals surface area contributed by atoms with E-state index in [1.807, 2.05) is 25.7 Å². The fraction of sp³-hybridized carbons (Fsp3) is 0.957. The Morgan fingerprint density at radius 2 is 1.37 bits per heavy atom. The molecule has 1 heterocycles. The van der Waals surface area contributed by atoms with Crippen LogP contribution in [0.15, 0.2) is 0 Å². The zero-order valence-corrected chi connectivity index (χ0v) is 18.1. The van der Waals surface area contributed by atoms with Gasteiger partial charge in [0.25, 0.3) is 0 Å². The molecule has 1 aliphatic heterocycles. The highest BCUT2D eigenvalue weighted by atomic mass is 16.6. The zero-order valence-electron chi connectivity index (χ0n) is 18.1. The van der Waals surface area contributed by atoms with Crippen LogP contribution in [-0.4, -0.2) is 41.4 Å². The van der Waals surface area contributed by atoms with Crippen LogP contribution < -0.4 is 0 Å². The predicted octanol–water partition coefficient (Wildman–Crippen LogP) is 5.40. The quantitative estimate of drug-likeness (QED) is 0.661. The highest BCUT2D eigenvalue weighted by molar-refractivity contribution is 5.68. The molecule has 4 saturated carbocycles. The summed E-state index contributed by atoms with van der Waals surface area (Å²) in [7, 11) is 0. The van der Waals surface area contributed by atoms with Gasteiger partial charge in [-0.15, -0.1) is 0 Å². The van der Waals surface area contributed by atoms with E-state index in [-0.39, 0.29) is 17.8 Å². The van der Waals surface area contributed by atoms with Crippen LogP contribution in [0.25, 0.3) is 0 Å². The number of carbonyl (C=O) groups is 1. The van der Waals surface area contributed by atoms with Gasteiger partial charge in [0.15, 0.2) is 0 Å². The normalized spacial score (nSPS) is 36.9. The smallest absolute Gasteiger partial charge is 0.410 e. The van der Waals surface area contributed by atoms with Crippen molar-refractivity contribution >= 4 is 6.09 Å². The van der Waals surface area contributed by atoms with Crippen LogP contribution in [0.5, 0.6) is 0 Å². The average Bonchev–Trinajstić information content (AvgIpc) is 2.52. The largest absolute Gasteiger partial charge is 0.444 e. The van der Waals surface area contributed by atoms with Crippen molar-refractivity contribution < 1.29 is 14.3 Å². The zero-order chi connectivity index (χ0) is 19.4. The first-order valence-corrected chi connectivity index (χ1v) is 11.2. The van der Waals surface area contributed by atoms with E-state index in [2.05, 4.69) is 13.8 Å². The van der Waals surface area contributed by atoms with Gasteiger partial charge in [-0.2, -0.15) is 0 Å². The topological polar surface area (TPSA) is 38.8 Å². The van der Waals surface area contributed by atoms with Crippen LogP contribution in [0.2, 0.25) is 0 Å². The number of hydrogen-bond donors (Lipinski definition) is 0. The highest BCUT2D eigenvalue weighted by Crippen LogP contribution is 2.64. The lowest BCUT2D eigenvalue weighted by Crippen LogP contribution is -2.58. The number of likely N-dealkylation sites (tertiary alicyclic amines) is 1. The van der Waals surface area contributed by atoms with Gasteiger partial charge in [-0.05, 0) is 109 Å². The lowest BCUT2D eigenvalue weighted by atomic mass is 9.46. The Labute approximate surface area is 165 Å². The van der Waals surface area contributed by atoms with Gasteiger partial charge in [-0.1, -0.05) is 0 Å². The molecule has 5 aliphatic rings. The number of piperidine rings is 1. The number of hydrogen-bond acceptors (Lipinski definition) is 3. The van der Waals surface area contributed by atoms with Crippen molar-refractivity contribution in [2.75, 3.05) is 13.1 Å². The number of carbonyl (C=O) groups excluding carboxylic acids is 1. The minimum Gasteiger partial charge on any atom is -0.444 e. The van der Waals surface area contributed by atoms with Crippen molar-refractivity contribution in [1.29, 1.82) is 0 Å². The Morgan fingerprint density at radius 1 is 0.889 bits per heavy atom. The van der Waals surface area contributed by atoms with Gasteiger partial charge in [-0.3, -0.25) is 0 Å². The number of nitrogens with zero attached hydrogens (tertiary/aromatic N) is 1. The van der Waals surface area contributed by atoms with Gasteiger partial charge in [0, 0.05) is 13.1 Å². The van der Waals surface area contributed by atoms with Crippen LogP contribution in [0.1, 0.15) is 86.0 Å². The van der Waals surface area contributed by atoms with Crippen molar-refractivity contribution in [2.45, 2.75) is 103 Å². The minimum atomic E-state index is -0.426. The lowest BCUT2D eigenvalue weighted by Gasteiger charge is -2.62. The van der Waals surface area contributed by atoms with Gasteiger partial charge in [-0.25, -0.2) is 4.79 Å². The maximum atomic E-state index is 12.3. The van der Waals surface area contributed by atoms with Gasteiger partial charge >= 0.3 is 6.09 Å². The Morgan fingerprint density at radius 3 is 1.81 bits per heavy atom. The van der Waals surface area contributed by atoms with E-state index in [0.717, 1.165) is 43.7 Å². The van der Waals surface area contributed by atoms with E-state index in [1.54, 1.807) is 0 Å². The molecule has 0 radical (unpaired) electrons. The molecule has 154 valence electrons. The third-order valence-corrected chi connectivity index (χ3v) is 7.87. The van der Waals surface area contributed by atoms with E-state index in [9.17, 15) is 4.79 Å². The molecule has 5 rings (SSSR count). The molecule has 4 heteroatoms. The summed E-state index contributed by atoms with van der Waals surface area (Å²) < 4.78 is 12.3. The summed E-state index contributed by atoms with van der Waals surface area (Å²) in [5.74, 6) is 2.86. The first-order valence-electron chi connectivity index (χ1n) is 11.2. The fourth-order valence-corrected chi connectivity index (χ4v) is 6.87. The molecular formula is C23H39NO3. The summed E-state index contributed by atoms with van der Waals surface area (Å²) in [4.78, 5) is 14.1. The third kappa shape index (κ3) is 3.88. The van der Waals surface area contributed by atoms with Crippen LogP contribution in [0, 0.1) is 23.2 Å². The first kappa shape index (κ1) is 19.5. The van der Waals surface area contributed by atoms with Crippen molar-refractivity contribution in [3.05, 3.63) is 0 Å². The monoisotopic (exact) mass is 377 g/mol. The molecular weight excluding hydrogens is 338 g/mol. The summed E-state index contributed by atoms with van der Waals surface area (Å²) in [6.07, 6.45) is 10.5.